The number of carbonyl (C=O) groups is 2. The minimum Gasteiger partial charge on any atom is -0.479 e. The average molecular weight is 252 g/mol. The van der Waals surface area contributed by atoms with Crippen LogP contribution in [0.2, 0.25) is 0 Å². The van der Waals surface area contributed by atoms with Crippen molar-refractivity contribution in [2.45, 2.75) is 30.6 Å². The molecule has 2 atom stereocenters. The van der Waals surface area contributed by atoms with Gasteiger partial charge in [-0.25, -0.2) is 4.79 Å². The van der Waals surface area contributed by atoms with Gasteiger partial charge in [-0.3, -0.25) is 4.79 Å². The van der Waals surface area contributed by atoms with Crippen molar-refractivity contribution < 1.29 is 27.9 Å². The smallest absolute Gasteiger partial charge is 0.471 e. The molecule has 2 fully saturated rings. The van der Waals surface area contributed by atoms with Gasteiger partial charge in [0.25, 0.3) is 0 Å². The Morgan fingerprint density at radius 1 is 1.41 bits per heavy atom. The number of nitrogens with one attached hydrogen (secondary N) is 1. The number of piperazine rings is 1. The quantitative estimate of drug-likeness (QED) is 0.687. The maximum Gasteiger partial charge on any atom is 0.471 e. The maximum absolute atomic E-state index is 12.4. The lowest BCUT2D eigenvalue weighted by molar-refractivity contribution is -0.196. The summed E-state index contributed by atoms with van der Waals surface area (Å²) in [5, 5.41) is 11.9. The number of aliphatic carboxylic acids is 1. The number of hydrogen-bond donors (Lipinski definition) is 2. The maximum atomic E-state index is 12.4. The third-order valence-electron chi connectivity index (χ3n) is 3.37. The lowest BCUT2D eigenvalue weighted by Gasteiger charge is -2.42. The van der Waals surface area contributed by atoms with Gasteiger partial charge >= 0.3 is 18.1 Å². The van der Waals surface area contributed by atoms with E-state index in [0.717, 1.165) is 0 Å². The molecule has 1 amide bonds. The van der Waals surface area contributed by atoms with Crippen molar-refractivity contribution in [2.75, 3.05) is 13.1 Å². The SMILES string of the molecule is O=C(N1C2CCC1(C(=O)O)CNC2)C(F)(F)F. The summed E-state index contributed by atoms with van der Waals surface area (Å²) in [5.41, 5.74) is -1.74. The van der Waals surface area contributed by atoms with Gasteiger partial charge < -0.3 is 15.3 Å². The summed E-state index contributed by atoms with van der Waals surface area (Å²) in [5.74, 6) is -3.44. The summed E-state index contributed by atoms with van der Waals surface area (Å²) in [6.45, 7) is 0.0670. The molecule has 2 bridgehead atoms. The number of amides is 1. The van der Waals surface area contributed by atoms with E-state index in [1.165, 1.54) is 0 Å². The molecular formula is C9H11F3N2O3. The van der Waals surface area contributed by atoms with Gasteiger partial charge in [-0.15, -0.1) is 0 Å². The van der Waals surface area contributed by atoms with Crippen LogP contribution in [0.15, 0.2) is 0 Å². The van der Waals surface area contributed by atoms with Crippen molar-refractivity contribution in [3.63, 3.8) is 0 Å². The number of halogens is 3. The predicted molar refractivity (Wildman–Crippen MR) is 49.2 cm³/mol. The summed E-state index contributed by atoms with van der Waals surface area (Å²) in [4.78, 5) is 23.0. The fourth-order valence-corrected chi connectivity index (χ4v) is 2.60. The minimum atomic E-state index is -5.03. The molecule has 0 aromatic carbocycles. The number of carboxylic acids is 1. The van der Waals surface area contributed by atoms with Crippen LogP contribution in [0.5, 0.6) is 0 Å². The molecule has 0 saturated carbocycles. The monoisotopic (exact) mass is 252 g/mol. The Balaban J connectivity index is 2.38. The second-order valence-electron chi connectivity index (χ2n) is 4.33. The van der Waals surface area contributed by atoms with Crippen molar-refractivity contribution in [2.24, 2.45) is 0 Å². The van der Waals surface area contributed by atoms with Crippen molar-refractivity contribution in [1.82, 2.24) is 10.2 Å². The number of alkyl halides is 3. The van der Waals surface area contributed by atoms with E-state index in [2.05, 4.69) is 5.32 Å². The molecule has 0 aliphatic carbocycles. The van der Waals surface area contributed by atoms with Crippen LogP contribution >= 0.6 is 0 Å². The fourth-order valence-electron chi connectivity index (χ4n) is 2.60. The van der Waals surface area contributed by atoms with Gasteiger partial charge in [0.15, 0.2) is 5.54 Å². The standard InChI is InChI=1S/C9H11F3N2O3/c10-9(11,12)6(15)14-5-1-2-8(14,7(16)17)4-13-3-5/h5,13H,1-4H2,(H,16,17). The first-order valence-electron chi connectivity index (χ1n) is 5.13. The minimum absolute atomic E-state index is 0.0574. The molecule has 5 nitrogen and oxygen atoms in total. The van der Waals surface area contributed by atoms with E-state index in [-0.39, 0.29) is 25.9 Å². The van der Waals surface area contributed by atoms with Gasteiger partial charge in [-0.1, -0.05) is 0 Å². The van der Waals surface area contributed by atoms with Crippen molar-refractivity contribution in [1.29, 1.82) is 0 Å². The lowest BCUT2D eigenvalue weighted by Crippen LogP contribution is -2.67. The molecule has 2 saturated heterocycles. The summed E-state index contributed by atoms with van der Waals surface area (Å²) < 4.78 is 37.3. The Kier molecular flexibility index (Phi) is 2.57. The molecule has 0 radical (unpaired) electrons. The Bertz CT molecular complexity index is 367. The van der Waals surface area contributed by atoms with E-state index in [0.29, 0.717) is 4.90 Å². The van der Waals surface area contributed by atoms with Gasteiger partial charge in [0.1, 0.15) is 0 Å². The number of rotatable bonds is 1. The molecule has 2 heterocycles. The van der Waals surface area contributed by atoms with Crippen LogP contribution in [0.25, 0.3) is 0 Å². The third-order valence-corrected chi connectivity index (χ3v) is 3.37. The molecule has 2 unspecified atom stereocenters. The van der Waals surface area contributed by atoms with Gasteiger partial charge in [-0.2, -0.15) is 13.2 Å². The highest BCUT2D eigenvalue weighted by molar-refractivity contribution is 5.91. The van der Waals surface area contributed by atoms with Crippen LogP contribution in [0.1, 0.15) is 12.8 Å². The highest BCUT2D eigenvalue weighted by atomic mass is 19.4. The number of hydrogen-bond acceptors (Lipinski definition) is 3. The van der Waals surface area contributed by atoms with Gasteiger partial charge in [0.2, 0.25) is 0 Å². The highest BCUT2D eigenvalue weighted by Crippen LogP contribution is 2.39. The van der Waals surface area contributed by atoms with Crippen LogP contribution in [0, 0.1) is 0 Å². The van der Waals surface area contributed by atoms with Gasteiger partial charge in [0.05, 0.1) is 0 Å². The highest BCUT2D eigenvalue weighted by Gasteiger charge is 2.61. The molecule has 96 valence electrons. The van der Waals surface area contributed by atoms with Gasteiger partial charge in [0, 0.05) is 19.1 Å². The number of carbonyl (C=O) groups excluding carboxylic acids is 1. The molecule has 2 aliphatic heterocycles. The fraction of sp³-hybridized carbons (Fsp3) is 0.778. The Labute approximate surface area is 94.6 Å². The Morgan fingerprint density at radius 2 is 2.06 bits per heavy atom. The van der Waals surface area contributed by atoms with E-state index in [9.17, 15) is 22.8 Å². The number of nitrogens with zero attached hydrogens (tertiary/aromatic N) is 1. The largest absolute Gasteiger partial charge is 0.479 e. The second kappa shape index (κ2) is 3.59. The van der Waals surface area contributed by atoms with Crippen LogP contribution in [-0.4, -0.2) is 52.7 Å². The van der Waals surface area contributed by atoms with Crippen LogP contribution in [-0.2, 0) is 9.59 Å². The first-order valence-corrected chi connectivity index (χ1v) is 5.13. The van der Waals surface area contributed by atoms with Gasteiger partial charge in [-0.05, 0) is 12.8 Å². The number of fused-ring (bicyclic) bond motifs is 2. The second-order valence-corrected chi connectivity index (χ2v) is 4.33. The van der Waals surface area contributed by atoms with E-state index in [1.54, 1.807) is 0 Å². The predicted octanol–water partition coefficient (Wildman–Crippen LogP) is -0.0337. The van der Waals surface area contributed by atoms with E-state index in [4.69, 9.17) is 5.11 Å². The van der Waals surface area contributed by atoms with E-state index >= 15 is 0 Å². The third kappa shape index (κ3) is 1.67. The van der Waals surface area contributed by atoms with Crippen LogP contribution in [0.3, 0.4) is 0 Å². The molecule has 2 N–H and O–H groups in total. The zero-order valence-electron chi connectivity index (χ0n) is 8.75. The first-order chi connectivity index (χ1) is 7.79. The topological polar surface area (TPSA) is 69.6 Å². The average Bonchev–Trinajstić information content (AvgIpc) is 2.43. The summed E-state index contributed by atoms with van der Waals surface area (Å²) >= 11 is 0. The van der Waals surface area contributed by atoms with E-state index in [1.807, 2.05) is 0 Å². The molecule has 8 heteroatoms. The number of carboxylic acid groups (broad SMARTS) is 1. The zero-order chi connectivity index (χ0) is 12.8. The molecule has 2 aliphatic rings. The molecular weight excluding hydrogens is 241 g/mol. The first kappa shape index (κ1) is 12.2. The van der Waals surface area contributed by atoms with E-state index < -0.39 is 29.6 Å². The lowest BCUT2D eigenvalue weighted by atomic mass is 9.95. The molecule has 2 rings (SSSR count). The van der Waals surface area contributed by atoms with Crippen LogP contribution < -0.4 is 5.32 Å². The Morgan fingerprint density at radius 3 is 2.59 bits per heavy atom. The Hall–Kier alpha value is -1.31. The molecule has 0 aromatic rings. The summed E-state index contributed by atoms with van der Waals surface area (Å²) in [6, 6.07) is -0.686. The summed E-state index contributed by atoms with van der Waals surface area (Å²) in [7, 11) is 0. The van der Waals surface area contributed by atoms with Crippen molar-refractivity contribution >= 4 is 11.9 Å². The summed E-state index contributed by atoms with van der Waals surface area (Å²) in [6.07, 6.45) is -4.69. The van der Waals surface area contributed by atoms with Crippen molar-refractivity contribution in [3.8, 4) is 0 Å². The molecule has 0 aromatic heterocycles. The zero-order valence-corrected chi connectivity index (χ0v) is 8.75. The van der Waals surface area contributed by atoms with Crippen molar-refractivity contribution in [3.05, 3.63) is 0 Å². The van der Waals surface area contributed by atoms with Crippen LogP contribution in [0.4, 0.5) is 13.2 Å². The molecule has 17 heavy (non-hydrogen) atoms. The normalized spacial score (nSPS) is 32.6. The molecule has 0 spiro atoms.